The zero-order chi connectivity index (χ0) is 19.0. The maximum absolute atomic E-state index is 13.0. The number of nitrogens with zero attached hydrogens (tertiary/aromatic N) is 2. The highest BCUT2D eigenvalue weighted by atomic mass is 16.3. The van der Waals surface area contributed by atoms with E-state index in [2.05, 4.69) is 4.98 Å². The van der Waals surface area contributed by atoms with Crippen LogP contribution in [0.5, 0.6) is 0 Å². The van der Waals surface area contributed by atoms with Gasteiger partial charge in [0.1, 0.15) is 0 Å². The number of furan rings is 1. The number of amides is 1. The molecule has 1 N–H and O–H groups in total. The molecule has 4 rings (SSSR count). The van der Waals surface area contributed by atoms with Gasteiger partial charge in [-0.3, -0.25) is 19.5 Å². The fraction of sp³-hybridized carbons (Fsp3) is 0.0952. The van der Waals surface area contributed by atoms with Crippen molar-refractivity contribution in [2.24, 2.45) is 0 Å². The molecule has 2 aromatic heterocycles. The number of aliphatic hydroxyl groups is 1. The minimum Gasteiger partial charge on any atom is -0.503 e. The second-order valence-corrected chi connectivity index (χ2v) is 6.22. The number of Topliss-reactive ketones (excluding diaryl/α,β-unsaturated/α-hetero) is 1. The number of anilines is 1. The number of hydrogen-bond acceptors (Lipinski definition) is 5. The van der Waals surface area contributed by atoms with Crippen LogP contribution in [0.25, 0.3) is 0 Å². The van der Waals surface area contributed by atoms with Gasteiger partial charge in [-0.1, -0.05) is 24.3 Å². The van der Waals surface area contributed by atoms with Gasteiger partial charge in [-0.05, 0) is 42.3 Å². The maximum Gasteiger partial charge on any atom is 0.294 e. The molecule has 1 aromatic carbocycles. The SMILES string of the molecule is Cc1ccccc1N1C(=O)C(O)=C(C(=O)c2ccco2)C1c1cccnc1. The molecule has 3 heterocycles. The molecule has 1 atom stereocenters. The Kier molecular flexibility index (Phi) is 4.08. The van der Waals surface area contributed by atoms with Crippen molar-refractivity contribution in [3.05, 3.63) is 95.4 Å². The Morgan fingerprint density at radius 1 is 1.15 bits per heavy atom. The van der Waals surface area contributed by atoms with Crippen molar-refractivity contribution in [1.82, 2.24) is 4.98 Å². The quantitative estimate of drug-likeness (QED) is 0.716. The van der Waals surface area contributed by atoms with Crippen molar-refractivity contribution in [3.8, 4) is 0 Å². The number of ketones is 1. The van der Waals surface area contributed by atoms with E-state index in [0.29, 0.717) is 11.3 Å². The molecular formula is C21H16N2O4. The van der Waals surface area contributed by atoms with Crippen LogP contribution in [0.15, 0.2) is 82.9 Å². The molecule has 6 heteroatoms. The van der Waals surface area contributed by atoms with Crippen LogP contribution in [0, 0.1) is 6.92 Å². The zero-order valence-corrected chi connectivity index (χ0v) is 14.5. The third-order valence-electron chi connectivity index (χ3n) is 4.57. The first-order chi connectivity index (χ1) is 13.1. The number of para-hydroxylation sites is 1. The first kappa shape index (κ1) is 16.8. The van der Waals surface area contributed by atoms with E-state index in [1.165, 1.54) is 17.2 Å². The maximum atomic E-state index is 13.0. The monoisotopic (exact) mass is 360 g/mol. The molecule has 0 saturated heterocycles. The van der Waals surface area contributed by atoms with E-state index in [9.17, 15) is 14.7 Å². The summed E-state index contributed by atoms with van der Waals surface area (Å²) in [6.07, 6.45) is 4.56. The molecule has 6 nitrogen and oxygen atoms in total. The summed E-state index contributed by atoms with van der Waals surface area (Å²) < 4.78 is 5.20. The van der Waals surface area contributed by atoms with Crippen LogP contribution in [0.2, 0.25) is 0 Å². The number of carbonyl (C=O) groups excluding carboxylic acids is 2. The lowest BCUT2D eigenvalue weighted by Crippen LogP contribution is -2.31. The van der Waals surface area contributed by atoms with Gasteiger partial charge in [-0.15, -0.1) is 0 Å². The van der Waals surface area contributed by atoms with Crippen molar-refractivity contribution in [1.29, 1.82) is 0 Å². The van der Waals surface area contributed by atoms with Gasteiger partial charge in [-0.2, -0.15) is 0 Å². The average Bonchev–Trinajstić information content (AvgIpc) is 3.31. The van der Waals surface area contributed by atoms with Crippen molar-refractivity contribution in [2.45, 2.75) is 13.0 Å². The highest BCUT2D eigenvalue weighted by Gasteiger charge is 2.45. The summed E-state index contributed by atoms with van der Waals surface area (Å²) in [5.74, 6) is -1.68. The van der Waals surface area contributed by atoms with Gasteiger partial charge in [-0.25, -0.2) is 0 Å². The van der Waals surface area contributed by atoms with E-state index >= 15 is 0 Å². The van der Waals surface area contributed by atoms with Crippen LogP contribution >= 0.6 is 0 Å². The predicted molar refractivity (Wildman–Crippen MR) is 98.3 cm³/mol. The minimum atomic E-state index is -0.801. The Hall–Kier alpha value is -3.67. The number of rotatable bonds is 4. The van der Waals surface area contributed by atoms with Gasteiger partial charge >= 0.3 is 0 Å². The number of aromatic nitrogens is 1. The van der Waals surface area contributed by atoms with Gasteiger partial charge in [0.05, 0.1) is 17.9 Å². The van der Waals surface area contributed by atoms with Gasteiger partial charge in [0, 0.05) is 18.1 Å². The molecule has 0 saturated carbocycles. The van der Waals surface area contributed by atoms with Gasteiger partial charge in [0.2, 0.25) is 5.78 Å². The zero-order valence-electron chi connectivity index (χ0n) is 14.5. The van der Waals surface area contributed by atoms with E-state index < -0.39 is 23.5 Å². The molecule has 1 amide bonds. The summed E-state index contributed by atoms with van der Waals surface area (Å²) in [6, 6.07) is 13.1. The number of benzene rings is 1. The van der Waals surface area contributed by atoms with Crippen LogP contribution in [-0.2, 0) is 4.79 Å². The lowest BCUT2D eigenvalue weighted by atomic mass is 9.95. The predicted octanol–water partition coefficient (Wildman–Crippen LogP) is 3.77. The Labute approximate surface area is 155 Å². The smallest absolute Gasteiger partial charge is 0.294 e. The van der Waals surface area contributed by atoms with E-state index in [-0.39, 0.29) is 11.3 Å². The van der Waals surface area contributed by atoms with Gasteiger partial charge in [0.15, 0.2) is 11.5 Å². The molecule has 1 unspecified atom stereocenters. The van der Waals surface area contributed by atoms with Crippen molar-refractivity contribution < 1.29 is 19.1 Å². The number of pyridine rings is 1. The number of carbonyl (C=O) groups is 2. The number of aliphatic hydroxyl groups excluding tert-OH is 1. The Morgan fingerprint density at radius 3 is 2.63 bits per heavy atom. The Morgan fingerprint density at radius 2 is 1.96 bits per heavy atom. The van der Waals surface area contributed by atoms with Crippen LogP contribution in [0.1, 0.15) is 27.7 Å². The molecule has 0 fully saturated rings. The van der Waals surface area contributed by atoms with Crippen molar-refractivity contribution in [3.63, 3.8) is 0 Å². The molecule has 1 aliphatic heterocycles. The standard InChI is InChI=1S/C21H16N2O4/c1-13-6-2-3-8-15(13)23-18(14-7-4-10-22-12-14)17(20(25)21(23)26)19(24)16-9-5-11-27-16/h2-12,18,25H,1H3. The lowest BCUT2D eigenvalue weighted by molar-refractivity contribution is -0.117. The highest BCUT2D eigenvalue weighted by molar-refractivity contribution is 6.20. The highest BCUT2D eigenvalue weighted by Crippen LogP contribution is 2.42. The van der Waals surface area contributed by atoms with E-state index in [0.717, 1.165) is 5.56 Å². The molecule has 0 bridgehead atoms. The number of hydrogen-bond donors (Lipinski definition) is 1. The average molecular weight is 360 g/mol. The lowest BCUT2D eigenvalue weighted by Gasteiger charge is -2.27. The molecule has 3 aromatic rings. The summed E-state index contributed by atoms with van der Waals surface area (Å²) in [5, 5.41) is 10.6. The van der Waals surface area contributed by atoms with E-state index in [4.69, 9.17) is 4.42 Å². The van der Waals surface area contributed by atoms with Crippen molar-refractivity contribution >= 4 is 17.4 Å². The molecule has 0 aliphatic carbocycles. The molecular weight excluding hydrogens is 344 g/mol. The van der Waals surface area contributed by atoms with Gasteiger partial charge in [0.25, 0.3) is 5.91 Å². The van der Waals surface area contributed by atoms with Gasteiger partial charge < -0.3 is 9.52 Å². The fourth-order valence-electron chi connectivity index (χ4n) is 3.31. The van der Waals surface area contributed by atoms with Crippen LogP contribution in [0.4, 0.5) is 5.69 Å². The summed E-state index contributed by atoms with van der Waals surface area (Å²) in [7, 11) is 0. The molecule has 1 aliphatic rings. The van der Waals surface area contributed by atoms with E-state index in [1.54, 1.807) is 42.7 Å². The molecule has 0 spiro atoms. The van der Waals surface area contributed by atoms with Crippen molar-refractivity contribution in [2.75, 3.05) is 4.90 Å². The number of aryl methyl sites for hydroxylation is 1. The Bertz CT molecular complexity index is 1040. The Balaban J connectivity index is 1.91. The summed E-state index contributed by atoms with van der Waals surface area (Å²) in [5.41, 5.74) is 2.06. The second kappa shape index (κ2) is 6.57. The topological polar surface area (TPSA) is 83.6 Å². The van der Waals surface area contributed by atoms with Crippen LogP contribution in [0.3, 0.4) is 0 Å². The summed E-state index contributed by atoms with van der Waals surface area (Å²) in [4.78, 5) is 31.5. The molecule has 0 radical (unpaired) electrons. The minimum absolute atomic E-state index is 0.0220. The molecule has 27 heavy (non-hydrogen) atoms. The summed E-state index contributed by atoms with van der Waals surface area (Å²) >= 11 is 0. The second-order valence-electron chi connectivity index (χ2n) is 6.22. The third kappa shape index (κ3) is 2.71. The largest absolute Gasteiger partial charge is 0.503 e. The van der Waals surface area contributed by atoms with Crippen LogP contribution < -0.4 is 4.90 Å². The van der Waals surface area contributed by atoms with E-state index in [1.807, 2.05) is 19.1 Å². The first-order valence-corrected chi connectivity index (χ1v) is 8.40. The summed E-state index contributed by atoms with van der Waals surface area (Å²) in [6.45, 7) is 1.87. The third-order valence-corrected chi connectivity index (χ3v) is 4.57. The first-order valence-electron chi connectivity index (χ1n) is 8.40. The fourth-order valence-corrected chi connectivity index (χ4v) is 3.31. The molecule has 134 valence electrons. The normalized spacial score (nSPS) is 16.9. The van der Waals surface area contributed by atoms with Crippen LogP contribution in [-0.4, -0.2) is 21.8 Å².